The van der Waals surface area contributed by atoms with Gasteiger partial charge in [0.15, 0.2) is 0 Å². The molecule has 0 unspecified atom stereocenters. The van der Waals surface area contributed by atoms with Gasteiger partial charge in [0, 0.05) is 36.4 Å². The van der Waals surface area contributed by atoms with Crippen LogP contribution in [-0.2, 0) is 15.6 Å². The van der Waals surface area contributed by atoms with Crippen molar-refractivity contribution < 1.29 is 23.5 Å². The molecular weight excluding hydrogens is 702 g/mol. The summed E-state index contributed by atoms with van der Waals surface area (Å²) >= 11 is 7.14. The van der Waals surface area contributed by atoms with Crippen LogP contribution in [0.1, 0.15) is 36.0 Å². The van der Waals surface area contributed by atoms with Crippen LogP contribution in [0.5, 0.6) is 5.75 Å². The summed E-state index contributed by atoms with van der Waals surface area (Å²) in [7, 11) is -1.26. The highest BCUT2D eigenvalue weighted by Crippen LogP contribution is 2.38. The van der Waals surface area contributed by atoms with Gasteiger partial charge in [0.2, 0.25) is 0 Å². The van der Waals surface area contributed by atoms with Crippen LogP contribution < -0.4 is 30.9 Å². The van der Waals surface area contributed by atoms with Crippen LogP contribution >= 0.6 is 22.9 Å². The number of thiophene rings is 1. The molecule has 0 radical (unpaired) electrons. The number of cyclic esters (lactones) is 1. The van der Waals surface area contributed by atoms with Gasteiger partial charge in [-0.05, 0) is 51.3 Å². The van der Waals surface area contributed by atoms with Crippen molar-refractivity contribution >= 4 is 59.3 Å². The molecule has 5 aromatic rings. The summed E-state index contributed by atoms with van der Waals surface area (Å²) in [6, 6.07) is 31.4. The van der Waals surface area contributed by atoms with Crippen molar-refractivity contribution in [1.29, 1.82) is 0 Å². The third-order valence-corrected chi connectivity index (χ3v) is 15.4. The highest BCUT2D eigenvalue weighted by atomic mass is 35.5. The molecule has 264 valence electrons. The van der Waals surface area contributed by atoms with E-state index >= 15 is 0 Å². The molecule has 1 aliphatic heterocycles. The molecule has 1 atom stereocenters. The minimum atomic E-state index is -2.81. The molecule has 1 saturated heterocycles. The molecule has 12 heteroatoms. The van der Waals surface area contributed by atoms with Crippen LogP contribution in [0.25, 0.3) is 11.1 Å². The number of aromatic nitrogens is 1. The predicted molar refractivity (Wildman–Crippen MR) is 206 cm³/mol. The number of methoxy groups -OCH3 is 1. The fourth-order valence-electron chi connectivity index (χ4n) is 6.72. The Hall–Kier alpha value is -4.68. The number of rotatable bonds is 12. The Morgan fingerprint density at radius 1 is 0.980 bits per heavy atom. The first-order valence-corrected chi connectivity index (χ1v) is 19.8. The van der Waals surface area contributed by atoms with E-state index in [1.54, 1.807) is 37.6 Å². The van der Waals surface area contributed by atoms with Crippen molar-refractivity contribution in [2.24, 2.45) is 0 Å². The van der Waals surface area contributed by atoms with Gasteiger partial charge in [-0.2, -0.15) is 0 Å². The lowest BCUT2D eigenvalue weighted by Crippen LogP contribution is -2.66. The number of aromatic amines is 1. The molecule has 2 aromatic heterocycles. The van der Waals surface area contributed by atoms with Crippen LogP contribution in [0.4, 0.5) is 10.5 Å². The number of carbonyl (C=O) groups is 2. The van der Waals surface area contributed by atoms with E-state index in [0.29, 0.717) is 50.4 Å². The molecule has 0 spiro atoms. The molecule has 2 N–H and O–H groups in total. The Morgan fingerprint density at radius 2 is 1.67 bits per heavy atom. The van der Waals surface area contributed by atoms with Crippen LogP contribution in [0, 0.1) is 0 Å². The minimum Gasteiger partial charge on any atom is -0.496 e. The highest BCUT2D eigenvalue weighted by Gasteiger charge is 2.50. The quantitative estimate of drug-likeness (QED) is 0.139. The average Bonchev–Trinajstić information content (AvgIpc) is 3.74. The number of amides is 2. The van der Waals surface area contributed by atoms with Gasteiger partial charge in [-0.1, -0.05) is 93.0 Å². The van der Waals surface area contributed by atoms with E-state index in [4.69, 9.17) is 25.5 Å². The SMILES string of the molecule is COc1cc(N2C[C@H](CNC(=O)c3ccc(Cl)s3)OC2=O)ccc1-c1cc[nH]c(=O)c1CCO[Si](c1ccccc1)(c1ccccc1)C(C)(C)C. The molecule has 9 nitrogen and oxygen atoms in total. The zero-order chi connectivity index (χ0) is 36.2. The largest absolute Gasteiger partial charge is 0.496 e. The van der Waals surface area contributed by atoms with Crippen molar-refractivity contribution in [1.82, 2.24) is 10.3 Å². The van der Waals surface area contributed by atoms with Gasteiger partial charge in [-0.3, -0.25) is 14.5 Å². The topological polar surface area (TPSA) is 110 Å². The maximum absolute atomic E-state index is 13.4. The van der Waals surface area contributed by atoms with E-state index in [1.807, 2.05) is 48.5 Å². The first-order valence-electron chi connectivity index (χ1n) is 16.7. The first-order chi connectivity index (χ1) is 24.5. The molecule has 0 aliphatic carbocycles. The molecule has 0 saturated carbocycles. The van der Waals surface area contributed by atoms with Crippen molar-refractivity contribution in [3.8, 4) is 16.9 Å². The lowest BCUT2D eigenvalue weighted by molar-refractivity contribution is 0.0920. The fraction of sp³-hybridized carbons (Fsp3) is 0.256. The minimum absolute atomic E-state index is 0.151. The van der Waals surface area contributed by atoms with Gasteiger partial charge in [0.05, 0.1) is 35.1 Å². The number of ether oxygens (including phenoxy) is 2. The summed E-state index contributed by atoms with van der Waals surface area (Å²) in [6.45, 7) is 7.39. The second kappa shape index (κ2) is 15.3. The summed E-state index contributed by atoms with van der Waals surface area (Å²) in [5.74, 6) is 0.212. The van der Waals surface area contributed by atoms with Gasteiger partial charge >= 0.3 is 6.09 Å². The number of nitrogens with one attached hydrogen (secondary N) is 2. The molecule has 2 amide bonds. The first kappa shape index (κ1) is 36.1. The van der Waals surface area contributed by atoms with Crippen LogP contribution in [-0.4, -0.2) is 58.2 Å². The second-order valence-corrected chi connectivity index (χ2v) is 19.3. The average molecular weight is 742 g/mol. The number of H-pyrrole nitrogens is 1. The highest BCUT2D eigenvalue weighted by molar-refractivity contribution is 7.18. The number of anilines is 1. The van der Waals surface area contributed by atoms with E-state index in [0.717, 1.165) is 0 Å². The number of carbonyl (C=O) groups excluding carboxylic acids is 2. The number of nitrogens with zero attached hydrogens (tertiary/aromatic N) is 1. The van der Waals surface area contributed by atoms with Crippen molar-refractivity contribution in [3.05, 3.63) is 128 Å². The summed E-state index contributed by atoms with van der Waals surface area (Å²) in [6.07, 6.45) is 0.918. The Morgan fingerprint density at radius 3 is 2.27 bits per heavy atom. The zero-order valence-corrected chi connectivity index (χ0v) is 31.5. The smallest absolute Gasteiger partial charge is 0.414 e. The summed E-state index contributed by atoms with van der Waals surface area (Å²) in [4.78, 5) is 43.6. The number of pyridine rings is 1. The number of hydrogen-bond acceptors (Lipinski definition) is 7. The van der Waals surface area contributed by atoms with E-state index in [9.17, 15) is 14.4 Å². The van der Waals surface area contributed by atoms with Crippen molar-refractivity contribution in [2.75, 3.05) is 31.7 Å². The Labute approximate surface area is 307 Å². The van der Waals surface area contributed by atoms with E-state index < -0.39 is 20.5 Å². The Bertz CT molecular complexity index is 2030. The number of halogens is 1. The zero-order valence-electron chi connectivity index (χ0n) is 28.9. The molecular formula is C39H40ClN3O6SSi. The van der Waals surface area contributed by atoms with Gasteiger partial charge in [-0.25, -0.2) is 4.79 Å². The lowest BCUT2D eigenvalue weighted by Gasteiger charge is -2.43. The normalized spacial score (nSPS) is 14.7. The van der Waals surface area contributed by atoms with E-state index in [1.165, 1.54) is 26.6 Å². The maximum Gasteiger partial charge on any atom is 0.414 e. The van der Waals surface area contributed by atoms with Gasteiger partial charge in [-0.15, -0.1) is 11.3 Å². The third kappa shape index (κ3) is 7.52. The Kier molecular flexibility index (Phi) is 10.8. The fourth-order valence-corrected chi connectivity index (χ4v) is 12.2. The standard InChI is InChI=1S/C39H40ClN3O6SSi/c1-39(2,3)51(28-11-7-5-8-12-28,29-13-9-6-10-14-29)48-22-20-32-30(19-21-41-36(32)44)31-16-15-26(23-33(31)47-4)43-25-27(49-38(43)46)24-42-37(45)34-17-18-35(40)50-34/h5-19,21,23,27H,20,22,24-25H2,1-4H3,(H,41,44)(H,42,45)/t27-/m0/s1. The molecule has 3 heterocycles. The molecule has 3 aromatic carbocycles. The van der Waals surface area contributed by atoms with Gasteiger partial charge in [0.1, 0.15) is 11.9 Å². The van der Waals surface area contributed by atoms with Gasteiger partial charge < -0.3 is 24.2 Å². The summed E-state index contributed by atoms with van der Waals surface area (Å²) in [5.41, 5.74) is 2.36. The molecule has 1 aliphatic rings. The summed E-state index contributed by atoms with van der Waals surface area (Å²) in [5, 5.41) is 4.93. The van der Waals surface area contributed by atoms with E-state index in [-0.39, 0.29) is 29.6 Å². The second-order valence-electron chi connectivity index (χ2n) is 13.3. The third-order valence-electron chi connectivity index (χ3n) is 9.10. The van der Waals surface area contributed by atoms with Crippen LogP contribution in [0.3, 0.4) is 0 Å². The molecule has 51 heavy (non-hydrogen) atoms. The lowest BCUT2D eigenvalue weighted by atomic mass is 9.98. The van der Waals surface area contributed by atoms with Crippen molar-refractivity contribution in [3.63, 3.8) is 0 Å². The number of hydrogen-bond donors (Lipinski definition) is 2. The van der Waals surface area contributed by atoms with Crippen molar-refractivity contribution in [2.45, 2.75) is 38.3 Å². The van der Waals surface area contributed by atoms with E-state index in [2.05, 4.69) is 55.3 Å². The van der Waals surface area contributed by atoms with Crippen LogP contribution in [0.2, 0.25) is 9.37 Å². The summed E-state index contributed by atoms with van der Waals surface area (Å²) < 4.78 is 19.0. The molecule has 1 fully saturated rings. The number of benzene rings is 3. The maximum atomic E-state index is 13.4. The molecule has 6 rings (SSSR count). The predicted octanol–water partition coefficient (Wildman–Crippen LogP) is 6.64. The van der Waals surface area contributed by atoms with Gasteiger partial charge in [0.25, 0.3) is 19.8 Å². The monoisotopic (exact) mass is 741 g/mol. The molecule has 0 bridgehead atoms. The Balaban J connectivity index is 1.23. The van der Waals surface area contributed by atoms with Crippen LogP contribution in [0.15, 0.2) is 108 Å².